The summed E-state index contributed by atoms with van der Waals surface area (Å²) >= 11 is 0. The van der Waals surface area contributed by atoms with Crippen LogP contribution in [0.5, 0.6) is 5.75 Å². The van der Waals surface area contributed by atoms with Gasteiger partial charge in [0.2, 0.25) is 5.78 Å². The number of benzene rings is 1. The summed E-state index contributed by atoms with van der Waals surface area (Å²) in [6.45, 7) is 0.244. The summed E-state index contributed by atoms with van der Waals surface area (Å²) in [7, 11) is 0. The van der Waals surface area contributed by atoms with Crippen LogP contribution in [0.25, 0.3) is 0 Å². The standard InChI is InChI=1S/C9H9NO2/c10-5-8-9(11)6-3-1-2-4-7(6)12-8/h1-4,8H,5,10H2. The van der Waals surface area contributed by atoms with E-state index in [-0.39, 0.29) is 12.3 Å². The normalized spacial score (nSPS) is 20.4. The van der Waals surface area contributed by atoms with E-state index in [0.717, 1.165) is 0 Å². The molecule has 3 heteroatoms. The van der Waals surface area contributed by atoms with Crippen LogP contribution in [0.3, 0.4) is 0 Å². The van der Waals surface area contributed by atoms with Gasteiger partial charge in [-0.1, -0.05) is 12.1 Å². The second kappa shape index (κ2) is 2.60. The molecule has 0 saturated heterocycles. The third-order valence-corrected chi connectivity index (χ3v) is 1.93. The Bertz CT molecular complexity index is 322. The molecule has 0 aromatic heterocycles. The minimum atomic E-state index is -0.470. The van der Waals surface area contributed by atoms with Crippen LogP contribution in [0.15, 0.2) is 24.3 Å². The molecule has 1 aromatic rings. The van der Waals surface area contributed by atoms with Crippen molar-refractivity contribution >= 4 is 5.78 Å². The van der Waals surface area contributed by atoms with E-state index >= 15 is 0 Å². The van der Waals surface area contributed by atoms with Crippen LogP contribution < -0.4 is 10.5 Å². The Balaban J connectivity index is 2.42. The Morgan fingerprint density at radius 2 is 2.17 bits per heavy atom. The Hall–Kier alpha value is -1.35. The van der Waals surface area contributed by atoms with Crippen molar-refractivity contribution in [3.05, 3.63) is 29.8 Å². The number of ether oxygens (including phenoxy) is 1. The highest BCUT2D eigenvalue weighted by Gasteiger charge is 2.30. The third-order valence-electron chi connectivity index (χ3n) is 1.93. The van der Waals surface area contributed by atoms with Crippen molar-refractivity contribution in [2.45, 2.75) is 6.10 Å². The highest BCUT2D eigenvalue weighted by molar-refractivity contribution is 6.04. The molecule has 0 bridgehead atoms. The van der Waals surface area contributed by atoms with Gasteiger partial charge in [0.05, 0.1) is 5.56 Å². The topological polar surface area (TPSA) is 52.3 Å². The number of hydrogen-bond donors (Lipinski definition) is 1. The third kappa shape index (κ3) is 0.905. The molecular formula is C9H9NO2. The molecule has 1 aromatic carbocycles. The van der Waals surface area contributed by atoms with Crippen molar-refractivity contribution in [3.8, 4) is 5.75 Å². The summed E-state index contributed by atoms with van der Waals surface area (Å²) in [6.07, 6.45) is -0.470. The summed E-state index contributed by atoms with van der Waals surface area (Å²) in [5, 5.41) is 0. The lowest BCUT2D eigenvalue weighted by atomic mass is 10.1. The van der Waals surface area contributed by atoms with Crippen LogP contribution in [-0.4, -0.2) is 18.4 Å². The number of para-hydroxylation sites is 1. The molecule has 0 saturated carbocycles. The quantitative estimate of drug-likeness (QED) is 0.659. The van der Waals surface area contributed by atoms with Crippen LogP contribution in [-0.2, 0) is 0 Å². The summed E-state index contributed by atoms with van der Waals surface area (Å²) in [5.41, 5.74) is 6.00. The van der Waals surface area contributed by atoms with Gasteiger partial charge in [-0.2, -0.15) is 0 Å². The molecule has 1 unspecified atom stereocenters. The molecule has 0 amide bonds. The smallest absolute Gasteiger partial charge is 0.208 e. The van der Waals surface area contributed by atoms with Crippen molar-refractivity contribution in [1.29, 1.82) is 0 Å². The molecule has 2 rings (SSSR count). The van der Waals surface area contributed by atoms with Gasteiger partial charge in [0.25, 0.3) is 0 Å². The van der Waals surface area contributed by atoms with Crippen molar-refractivity contribution in [2.75, 3.05) is 6.54 Å². The molecule has 1 atom stereocenters. The second-order valence-corrected chi connectivity index (χ2v) is 2.70. The molecule has 1 aliphatic heterocycles. The first-order chi connectivity index (χ1) is 5.83. The summed E-state index contributed by atoms with van der Waals surface area (Å²) in [6, 6.07) is 7.19. The SMILES string of the molecule is NCC1Oc2ccccc2C1=O. The van der Waals surface area contributed by atoms with Crippen molar-refractivity contribution in [2.24, 2.45) is 5.73 Å². The van der Waals surface area contributed by atoms with Gasteiger partial charge in [0.15, 0.2) is 6.10 Å². The molecule has 62 valence electrons. The van der Waals surface area contributed by atoms with Crippen LogP contribution in [0.2, 0.25) is 0 Å². The van der Waals surface area contributed by atoms with Crippen molar-refractivity contribution in [3.63, 3.8) is 0 Å². The fraction of sp³-hybridized carbons (Fsp3) is 0.222. The van der Waals surface area contributed by atoms with Gasteiger partial charge < -0.3 is 10.5 Å². The van der Waals surface area contributed by atoms with Gasteiger partial charge in [0, 0.05) is 6.54 Å². The maximum Gasteiger partial charge on any atom is 0.208 e. The maximum absolute atomic E-state index is 11.4. The number of fused-ring (bicyclic) bond motifs is 1. The van der Waals surface area contributed by atoms with Crippen LogP contribution in [0, 0.1) is 0 Å². The van der Waals surface area contributed by atoms with E-state index in [4.69, 9.17) is 10.5 Å². The van der Waals surface area contributed by atoms with Crippen LogP contribution in [0.4, 0.5) is 0 Å². The lowest BCUT2D eigenvalue weighted by molar-refractivity contribution is 0.0868. The number of nitrogens with two attached hydrogens (primary N) is 1. The second-order valence-electron chi connectivity index (χ2n) is 2.70. The van der Waals surface area contributed by atoms with Gasteiger partial charge >= 0.3 is 0 Å². The molecule has 0 radical (unpaired) electrons. The Morgan fingerprint density at radius 1 is 1.42 bits per heavy atom. The minimum Gasteiger partial charge on any atom is -0.480 e. The molecule has 0 fully saturated rings. The van der Waals surface area contributed by atoms with Crippen molar-refractivity contribution < 1.29 is 9.53 Å². The number of rotatable bonds is 1. The van der Waals surface area contributed by atoms with Gasteiger partial charge in [-0.3, -0.25) is 4.79 Å². The first kappa shape index (κ1) is 7.31. The number of carbonyl (C=O) groups is 1. The predicted molar refractivity (Wildman–Crippen MR) is 44.2 cm³/mol. The fourth-order valence-corrected chi connectivity index (χ4v) is 1.31. The van der Waals surface area contributed by atoms with E-state index in [1.165, 1.54) is 0 Å². The molecule has 3 nitrogen and oxygen atoms in total. The molecule has 0 spiro atoms. The molecule has 12 heavy (non-hydrogen) atoms. The minimum absolute atomic E-state index is 0.00639. The molecule has 0 aliphatic carbocycles. The Morgan fingerprint density at radius 3 is 2.83 bits per heavy atom. The van der Waals surface area contributed by atoms with E-state index in [9.17, 15) is 4.79 Å². The lowest BCUT2D eigenvalue weighted by Crippen LogP contribution is -2.29. The van der Waals surface area contributed by atoms with E-state index in [1.807, 2.05) is 12.1 Å². The van der Waals surface area contributed by atoms with Gasteiger partial charge in [-0.05, 0) is 12.1 Å². The molecular weight excluding hydrogens is 154 g/mol. The fourth-order valence-electron chi connectivity index (χ4n) is 1.31. The highest BCUT2D eigenvalue weighted by atomic mass is 16.5. The zero-order valence-corrected chi connectivity index (χ0v) is 6.49. The first-order valence-corrected chi connectivity index (χ1v) is 3.83. The van der Waals surface area contributed by atoms with E-state index in [0.29, 0.717) is 11.3 Å². The summed E-state index contributed by atoms with van der Waals surface area (Å²) in [4.78, 5) is 11.4. The van der Waals surface area contributed by atoms with Crippen molar-refractivity contribution in [1.82, 2.24) is 0 Å². The maximum atomic E-state index is 11.4. The van der Waals surface area contributed by atoms with Gasteiger partial charge in [-0.15, -0.1) is 0 Å². The largest absolute Gasteiger partial charge is 0.480 e. The number of carbonyl (C=O) groups excluding carboxylic acids is 1. The van der Waals surface area contributed by atoms with E-state index < -0.39 is 6.10 Å². The average Bonchev–Trinajstić information content (AvgIpc) is 2.44. The summed E-state index contributed by atoms with van der Waals surface area (Å²) < 4.78 is 5.29. The predicted octanol–water partition coefficient (Wildman–Crippen LogP) is 0.589. The number of Topliss-reactive ketones (excluding diaryl/α,β-unsaturated/α-hetero) is 1. The number of hydrogen-bond acceptors (Lipinski definition) is 3. The highest BCUT2D eigenvalue weighted by Crippen LogP contribution is 2.27. The summed E-state index contributed by atoms with van der Waals surface area (Å²) in [5.74, 6) is 0.644. The lowest BCUT2D eigenvalue weighted by Gasteiger charge is -2.03. The van der Waals surface area contributed by atoms with E-state index in [2.05, 4.69) is 0 Å². The van der Waals surface area contributed by atoms with Crippen LogP contribution >= 0.6 is 0 Å². The van der Waals surface area contributed by atoms with E-state index in [1.54, 1.807) is 12.1 Å². The zero-order valence-electron chi connectivity index (χ0n) is 6.49. The Kier molecular flexibility index (Phi) is 1.59. The molecule has 1 heterocycles. The molecule has 2 N–H and O–H groups in total. The van der Waals surface area contributed by atoms with Gasteiger partial charge in [-0.25, -0.2) is 0 Å². The van der Waals surface area contributed by atoms with Crippen LogP contribution in [0.1, 0.15) is 10.4 Å². The first-order valence-electron chi connectivity index (χ1n) is 3.83. The number of ketones is 1. The average molecular weight is 163 g/mol. The van der Waals surface area contributed by atoms with Gasteiger partial charge in [0.1, 0.15) is 5.75 Å². The Labute approximate surface area is 70.1 Å². The zero-order chi connectivity index (χ0) is 8.55. The molecule has 1 aliphatic rings. The monoisotopic (exact) mass is 163 g/mol.